The summed E-state index contributed by atoms with van der Waals surface area (Å²) in [5.41, 5.74) is 1.06. The molecule has 0 bridgehead atoms. The van der Waals surface area contributed by atoms with Crippen molar-refractivity contribution in [3.63, 3.8) is 0 Å². The lowest BCUT2D eigenvalue weighted by Crippen LogP contribution is -2.43. The molecule has 2 N–H and O–H groups in total. The van der Waals surface area contributed by atoms with Crippen LogP contribution in [0.4, 0.5) is 0 Å². The Kier molecular flexibility index (Phi) is 5.38. The Bertz CT molecular complexity index is 741. The maximum Gasteiger partial charge on any atom is 0.269 e. The summed E-state index contributed by atoms with van der Waals surface area (Å²) in [6.07, 6.45) is 1.93. The minimum absolute atomic E-state index is 0.231. The summed E-state index contributed by atoms with van der Waals surface area (Å²) in [7, 11) is -8.17. The van der Waals surface area contributed by atoms with E-state index in [2.05, 4.69) is 6.58 Å². The first-order valence-electron chi connectivity index (χ1n) is 6.66. The predicted molar refractivity (Wildman–Crippen MR) is 84.6 cm³/mol. The first-order chi connectivity index (χ1) is 9.73. The molecule has 0 fully saturated rings. The van der Waals surface area contributed by atoms with Crippen molar-refractivity contribution in [2.75, 3.05) is 18.1 Å². The van der Waals surface area contributed by atoms with Crippen molar-refractivity contribution in [1.29, 1.82) is 0 Å². The summed E-state index contributed by atoms with van der Waals surface area (Å²) in [4.78, 5) is 0. The second-order valence-corrected chi connectivity index (χ2v) is 8.93. The average Bonchev–Trinajstić information content (AvgIpc) is 2.26. The van der Waals surface area contributed by atoms with Crippen molar-refractivity contribution < 1.29 is 30.5 Å². The van der Waals surface area contributed by atoms with Gasteiger partial charge in [0.15, 0.2) is 11.3 Å². The van der Waals surface area contributed by atoms with Gasteiger partial charge in [0.25, 0.3) is 20.2 Å². The second kappa shape index (κ2) is 6.23. The number of hydrogen-bond donors (Lipinski definition) is 2. The van der Waals surface area contributed by atoms with Crippen LogP contribution in [0.25, 0.3) is 0 Å². The molecule has 0 spiro atoms. The molecule has 0 aliphatic carbocycles. The number of rotatable bonds is 6. The SMILES string of the molecule is C=C1C(CS(=O)(=O)O)=CC(C)(C)[N+](CCCS(=O)(=O)O)=C1C. The fourth-order valence-corrected chi connectivity index (χ4v) is 3.75. The van der Waals surface area contributed by atoms with Gasteiger partial charge in [-0.2, -0.15) is 16.8 Å². The summed E-state index contributed by atoms with van der Waals surface area (Å²) in [5, 5.41) is 0. The molecule has 22 heavy (non-hydrogen) atoms. The van der Waals surface area contributed by atoms with Crippen LogP contribution in [0.5, 0.6) is 0 Å². The van der Waals surface area contributed by atoms with E-state index in [1.807, 2.05) is 18.4 Å². The molecular weight excluding hydrogens is 330 g/mol. The first-order valence-corrected chi connectivity index (χ1v) is 9.88. The van der Waals surface area contributed by atoms with Crippen molar-refractivity contribution in [3.05, 3.63) is 23.8 Å². The zero-order valence-corrected chi connectivity index (χ0v) is 14.5. The lowest BCUT2D eigenvalue weighted by Gasteiger charge is -2.28. The van der Waals surface area contributed by atoms with Gasteiger partial charge in [-0.25, -0.2) is 4.58 Å². The monoisotopic (exact) mass is 352 g/mol. The third-order valence-corrected chi connectivity index (χ3v) is 5.05. The Labute approximate surface area is 131 Å². The van der Waals surface area contributed by atoms with Gasteiger partial charge >= 0.3 is 0 Å². The van der Waals surface area contributed by atoms with Crippen molar-refractivity contribution in [3.8, 4) is 0 Å². The lowest BCUT2D eigenvalue weighted by molar-refractivity contribution is -0.588. The molecule has 1 aliphatic rings. The molecule has 0 aromatic heterocycles. The minimum atomic E-state index is -4.16. The fourth-order valence-electron chi connectivity index (χ4n) is 2.61. The van der Waals surface area contributed by atoms with E-state index in [0.29, 0.717) is 23.4 Å². The quantitative estimate of drug-likeness (QED) is 0.543. The van der Waals surface area contributed by atoms with Gasteiger partial charge in [0.2, 0.25) is 0 Å². The standard InChI is InChI=1S/C13H21NO6S2/c1-10-11(2)14(6-5-7-21(15,16)17)13(3,4)8-12(10)9-22(18,19)20/h8H,1,5-7,9H2,2-4H3,(H-,15,16,17,18,19,20)/p+1. The Balaban J connectivity index is 3.04. The molecule has 0 aromatic carbocycles. The maximum atomic E-state index is 11.1. The summed E-state index contributed by atoms with van der Waals surface area (Å²) < 4.78 is 63.5. The van der Waals surface area contributed by atoms with Gasteiger partial charge < -0.3 is 0 Å². The summed E-state index contributed by atoms with van der Waals surface area (Å²) in [5.74, 6) is -0.855. The molecule has 0 amide bonds. The molecule has 1 heterocycles. The van der Waals surface area contributed by atoms with E-state index in [1.165, 1.54) is 0 Å². The van der Waals surface area contributed by atoms with Crippen LogP contribution in [0, 0.1) is 0 Å². The van der Waals surface area contributed by atoms with Crippen molar-refractivity contribution in [1.82, 2.24) is 0 Å². The molecule has 126 valence electrons. The smallest absolute Gasteiger partial charge is 0.269 e. The zero-order valence-electron chi connectivity index (χ0n) is 12.9. The van der Waals surface area contributed by atoms with Gasteiger partial charge in [0.05, 0.1) is 5.75 Å². The van der Waals surface area contributed by atoms with Gasteiger partial charge in [-0.1, -0.05) is 6.58 Å². The van der Waals surface area contributed by atoms with Gasteiger partial charge in [-0.15, -0.1) is 0 Å². The van der Waals surface area contributed by atoms with Crippen molar-refractivity contribution in [2.24, 2.45) is 0 Å². The summed E-state index contributed by atoms with van der Waals surface area (Å²) in [6, 6.07) is 0. The van der Waals surface area contributed by atoms with E-state index in [0.717, 1.165) is 0 Å². The first kappa shape index (κ1) is 19.0. The van der Waals surface area contributed by atoms with Crippen LogP contribution in [0.2, 0.25) is 0 Å². The Morgan fingerprint density at radius 2 is 1.73 bits per heavy atom. The third-order valence-electron chi connectivity index (χ3n) is 3.57. The van der Waals surface area contributed by atoms with Gasteiger partial charge in [-0.05, 0) is 11.6 Å². The fraction of sp³-hybridized carbons (Fsp3) is 0.615. The van der Waals surface area contributed by atoms with Crippen molar-refractivity contribution in [2.45, 2.75) is 32.7 Å². The summed E-state index contributed by atoms with van der Waals surface area (Å²) in [6.45, 7) is 9.67. The molecule has 0 saturated heterocycles. The van der Waals surface area contributed by atoms with Crippen LogP contribution in [0.1, 0.15) is 27.2 Å². The van der Waals surface area contributed by atoms with E-state index >= 15 is 0 Å². The zero-order chi connectivity index (χ0) is 17.3. The van der Waals surface area contributed by atoms with Crippen molar-refractivity contribution >= 4 is 25.9 Å². The number of hydrogen-bond acceptors (Lipinski definition) is 4. The maximum absolute atomic E-state index is 11.1. The van der Waals surface area contributed by atoms with Gasteiger partial charge in [-0.3, -0.25) is 9.11 Å². The Morgan fingerprint density at radius 1 is 1.18 bits per heavy atom. The van der Waals surface area contributed by atoms with Crippen LogP contribution in [0.15, 0.2) is 23.8 Å². The van der Waals surface area contributed by atoms with Crippen LogP contribution in [0.3, 0.4) is 0 Å². The average molecular weight is 352 g/mol. The van der Waals surface area contributed by atoms with Crippen LogP contribution >= 0.6 is 0 Å². The van der Waals surface area contributed by atoms with E-state index < -0.39 is 31.5 Å². The van der Waals surface area contributed by atoms with Gasteiger partial charge in [0.1, 0.15) is 12.3 Å². The lowest BCUT2D eigenvalue weighted by atomic mass is 9.90. The molecule has 0 atom stereocenters. The number of allylic oxidation sites excluding steroid dienone is 1. The topological polar surface area (TPSA) is 112 Å². The molecule has 0 saturated carbocycles. The molecule has 1 aliphatic heterocycles. The van der Waals surface area contributed by atoms with E-state index in [1.54, 1.807) is 13.0 Å². The summed E-state index contributed by atoms with van der Waals surface area (Å²) >= 11 is 0. The second-order valence-electron chi connectivity index (χ2n) is 5.90. The number of nitrogens with zero attached hydrogens (tertiary/aromatic N) is 1. The Hall–Kier alpha value is -1.03. The van der Waals surface area contributed by atoms with Crippen LogP contribution < -0.4 is 0 Å². The normalized spacial score (nSPS) is 19.3. The highest BCUT2D eigenvalue weighted by atomic mass is 32.2. The molecule has 7 nitrogen and oxygen atoms in total. The molecular formula is C13H22NO6S2+. The highest BCUT2D eigenvalue weighted by Gasteiger charge is 2.37. The minimum Gasteiger partial charge on any atom is -0.286 e. The van der Waals surface area contributed by atoms with Crippen LogP contribution in [-0.4, -0.2) is 59.8 Å². The molecule has 0 aromatic rings. The largest absolute Gasteiger partial charge is 0.286 e. The van der Waals surface area contributed by atoms with Crippen LogP contribution in [-0.2, 0) is 20.2 Å². The van der Waals surface area contributed by atoms with E-state index in [-0.39, 0.29) is 12.2 Å². The third kappa shape index (κ3) is 5.31. The highest BCUT2D eigenvalue weighted by Crippen LogP contribution is 2.26. The molecule has 0 unspecified atom stereocenters. The molecule has 1 rings (SSSR count). The Morgan fingerprint density at radius 3 is 2.18 bits per heavy atom. The van der Waals surface area contributed by atoms with E-state index in [4.69, 9.17) is 9.11 Å². The van der Waals surface area contributed by atoms with Gasteiger partial charge in [0, 0.05) is 32.8 Å². The molecule has 9 heteroatoms. The van der Waals surface area contributed by atoms with E-state index in [9.17, 15) is 16.8 Å². The molecule has 0 radical (unpaired) electrons. The highest BCUT2D eigenvalue weighted by molar-refractivity contribution is 7.86. The predicted octanol–water partition coefficient (Wildman–Crippen LogP) is 0.900.